The number of fused-ring (bicyclic) bond motifs is 1. The first-order valence-corrected chi connectivity index (χ1v) is 12.7. The van der Waals surface area contributed by atoms with Gasteiger partial charge in [-0.3, -0.25) is 14.6 Å². The number of benzene rings is 1. The van der Waals surface area contributed by atoms with Crippen LogP contribution in [0.5, 0.6) is 5.75 Å². The number of carboxylic acid groups (broad SMARTS) is 2. The lowest BCUT2D eigenvalue weighted by Crippen LogP contribution is -2.54. The number of amides is 1. The van der Waals surface area contributed by atoms with Crippen LogP contribution in [0.4, 0.5) is 26.3 Å². The summed E-state index contributed by atoms with van der Waals surface area (Å²) in [5.74, 6) is -4.27. The van der Waals surface area contributed by atoms with Crippen molar-refractivity contribution >= 4 is 17.8 Å². The van der Waals surface area contributed by atoms with Crippen LogP contribution in [0.1, 0.15) is 24.8 Å². The highest BCUT2D eigenvalue weighted by Gasteiger charge is 2.43. The molecule has 3 aliphatic heterocycles. The molecule has 4 rings (SSSR count). The fourth-order valence-corrected chi connectivity index (χ4v) is 4.76. The van der Waals surface area contributed by atoms with Gasteiger partial charge in [-0.1, -0.05) is 12.1 Å². The SMILES string of the molecule is COc1ccc(CN2CC[C@@H]3[C@H]2CCC(=O)N3CCN2CCOCC2)cc1.O=C(O)C(F)(F)F.O=C(O)C(F)(F)F. The molecule has 1 amide bonds. The maximum absolute atomic E-state index is 12.6. The third kappa shape index (κ3) is 11.0. The Labute approximate surface area is 232 Å². The second kappa shape index (κ2) is 15.2. The summed E-state index contributed by atoms with van der Waals surface area (Å²) < 4.78 is 74.2. The molecule has 0 aromatic heterocycles. The van der Waals surface area contributed by atoms with Gasteiger partial charge in [0.05, 0.1) is 20.3 Å². The van der Waals surface area contributed by atoms with Crippen molar-refractivity contribution in [2.75, 3.05) is 53.0 Å². The fraction of sp³-hybridized carbons (Fsp3) is 0.640. The average molecular weight is 602 g/mol. The molecule has 0 saturated carbocycles. The quantitative estimate of drug-likeness (QED) is 0.475. The Hall–Kier alpha value is -3.11. The number of ether oxygens (including phenoxy) is 2. The van der Waals surface area contributed by atoms with Crippen molar-refractivity contribution in [1.29, 1.82) is 0 Å². The lowest BCUT2D eigenvalue weighted by molar-refractivity contribution is -0.193. The van der Waals surface area contributed by atoms with Gasteiger partial charge in [-0.25, -0.2) is 9.59 Å². The van der Waals surface area contributed by atoms with Gasteiger partial charge in [-0.15, -0.1) is 0 Å². The van der Waals surface area contributed by atoms with Crippen molar-refractivity contribution in [3.05, 3.63) is 29.8 Å². The van der Waals surface area contributed by atoms with Crippen molar-refractivity contribution in [3.63, 3.8) is 0 Å². The third-order valence-electron chi connectivity index (χ3n) is 6.79. The number of methoxy groups -OCH3 is 1. The number of likely N-dealkylation sites (tertiary alicyclic amines) is 2. The standard InChI is InChI=1S/C21H31N3O3.2C2HF3O2/c1-26-18-4-2-17(3-5-18)16-23-9-8-20-19(23)6-7-21(25)24(20)11-10-22-12-14-27-15-13-22;2*3-2(4,5)1(6)7/h2-5,19-20H,6-16H2,1H3;2*(H,6,7)/t19-,20-;;/m1../s1. The van der Waals surface area contributed by atoms with E-state index in [1.165, 1.54) is 5.56 Å². The Kier molecular flexibility index (Phi) is 12.6. The molecule has 0 spiro atoms. The van der Waals surface area contributed by atoms with Gasteiger partial charge in [0.25, 0.3) is 0 Å². The Morgan fingerprint density at radius 3 is 1.93 bits per heavy atom. The summed E-state index contributed by atoms with van der Waals surface area (Å²) in [6.07, 6.45) is -7.40. The summed E-state index contributed by atoms with van der Waals surface area (Å²) in [6, 6.07) is 9.23. The van der Waals surface area contributed by atoms with E-state index in [-0.39, 0.29) is 0 Å². The summed E-state index contributed by atoms with van der Waals surface area (Å²) in [4.78, 5) is 37.6. The molecule has 2 atom stereocenters. The van der Waals surface area contributed by atoms with Crippen LogP contribution >= 0.6 is 0 Å². The number of aliphatic carboxylic acids is 2. The van der Waals surface area contributed by atoms with Crippen molar-refractivity contribution in [2.45, 2.75) is 50.2 Å². The van der Waals surface area contributed by atoms with E-state index in [2.05, 4.69) is 26.8 Å². The summed E-state index contributed by atoms with van der Waals surface area (Å²) in [6.45, 7) is 7.46. The van der Waals surface area contributed by atoms with Gasteiger partial charge in [-0.2, -0.15) is 26.3 Å². The largest absolute Gasteiger partial charge is 0.497 e. The molecule has 1 aromatic rings. The van der Waals surface area contributed by atoms with E-state index in [1.54, 1.807) is 7.11 Å². The van der Waals surface area contributed by atoms with E-state index in [0.717, 1.165) is 71.1 Å². The molecule has 16 heteroatoms. The Balaban J connectivity index is 0.000000349. The number of hydrogen-bond donors (Lipinski definition) is 2. The highest BCUT2D eigenvalue weighted by Crippen LogP contribution is 2.32. The summed E-state index contributed by atoms with van der Waals surface area (Å²) in [7, 11) is 1.70. The second-order valence-electron chi connectivity index (χ2n) is 9.43. The summed E-state index contributed by atoms with van der Waals surface area (Å²) >= 11 is 0. The van der Waals surface area contributed by atoms with E-state index in [0.29, 0.717) is 24.4 Å². The molecule has 232 valence electrons. The number of carbonyl (C=O) groups excluding carboxylic acids is 1. The number of carbonyl (C=O) groups is 3. The Bertz CT molecular complexity index is 977. The van der Waals surface area contributed by atoms with Crippen LogP contribution in [0.15, 0.2) is 24.3 Å². The molecule has 0 bridgehead atoms. The number of carboxylic acids is 2. The molecule has 10 nitrogen and oxygen atoms in total. The van der Waals surface area contributed by atoms with E-state index >= 15 is 0 Å². The molecule has 3 saturated heterocycles. The summed E-state index contributed by atoms with van der Waals surface area (Å²) in [5, 5.41) is 14.2. The van der Waals surface area contributed by atoms with Gasteiger partial charge in [-0.05, 0) is 30.5 Å². The molecule has 1 aromatic carbocycles. The van der Waals surface area contributed by atoms with Crippen LogP contribution in [0.25, 0.3) is 0 Å². The number of morpholine rings is 1. The van der Waals surface area contributed by atoms with Crippen LogP contribution in [0.2, 0.25) is 0 Å². The highest BCUT2D eigenvalue weighted by molar-refractivity contribution is 5.77. The average Bonchev–Trinajstić information content (AvgIpc) is 3.31. The maximum atomic E-state index is 12.6. The second-order valence-corrected chi connectivity index (χ2v) is 9.43. The lowest BCUT2D eigenvalue weighted by atomic mass is 9.96. The molecule has 3 heterocycles. The molecule has 2 N–H and O–H groups in total. The van der Waals surface area contributed by atoms with Crippen molar-refractivity contribution < 1.29 is 60.4 Å². The van der Waals surface area contributed by atoms with Crippen LogP contribution in [0.3, 0.4) is 0 Å². The van der Waals surface area contributed by atoms with Crippen LogP contribution in [0, 0.1) is 0 Å². The van der Waals surface area contributed by atoms with Gasteiger partial charge in [0.1, 0.15) is 5.75 Å². The zero-order chi connectivity index (χ0) is 30.8. The first kappa shape index (κ1) is 34.1. The van der Waals surface area contributed by atoms with Crippen molar-refractivity contribution in [1.82, 2.24) is 14.7 Å². The maximum Gasteiger partial charge on any atom is 0.490 e. The monoisotopic (exact) mass is 601 g/mol. The van der Waals surface area contributed by atoms with Gasteiger partial charge >= 0.3 is 24.3 Å². The zero-order valence-electron chi connectivity index (χ0n) is 22.3. The zero-order valence-corrected chi connectivity index (χ0v) is 22.3. The minimum absolute atomic E-state index is 0.343. The number of hydrogen-bond acceptors (Lipinski definition) is 7. The van der Waals surface area contributed by atoms with Gasteiger partial charge in [0, 0.05) is 57.8 Å². The van der Waals surface area contributed by atoms with Crippen molar-refractivity contribution in [3.8, 4) is 5.75 Å². The molecule has 3 aliphatic rings. The number of nitrogens with zero attached hydrogens (tertiary/aromatic N) is 3. The van der Waals surface area contributed by atoms with Gasteiger partial charge in [0.15, 0.2) is 0 Å². The lowest BCUT2D eigenvalue weighted by Gasteiger charge is -2.41. The summed E-state index contributed by atoms with van der Waals surface area (Å²) in [5.41, 5.74) is 1.31. The fourth-order valence-electron chi connectivity index (χ4n) is 4.76. The van der Waals surface area contributed by atoms with Gasteiger partial charge < -0.3 is 24.6 Å². The molecular formula is C25H33F6N3O7. The van der Waals surface area contributed by atoms with Crippen LogP contribution in [-0.4, -0.2) is 120 Å². The minimum Gasteiger partial charge on any atom is -0.497 e. The smallest absolute Gasteiger partial charge is 0.490 e. The number of halogens is 6. The van der Waals surface area contributed by atoms with E-state index in [4.69, 9.17) is 29.3 Å². The Morgan fingerprint density at radius 1 is 0.902 bits per heavy atom. The molecule has 0 aliphatic carbocycles. The normalized spacial score (nSPS) is 21.6. The number of alkyl halides is 6. The first-order chi connectivity index (χ1) is 19.1. The molecular weight excluding hydrogens is 568 g/mol. The molecule has 3 fully saturated rings. The topological polar surface area (TPSA) is 120 Å². The first-order valence-electron chi connectivity index (χ1n) is 12.7. The molecule has 0 radical (unpaired) electrons. The van der Waals surface area contributed by atoms with Crippen molar-refractivity contribution in [2.24, 2.45) is 0 Å². The van der Waals surface area contributed by atoms with E-state index in [1.807, 2.05) is 12.1 Å². The van der Waals surface area contributed by atoms with E-state index < -0.39 is 24.3 Å². The van der Waals surface area contributed by atoms with Crippen LogP contribution in [-0.2, 0) is 25.7 Å². The predicted molar refractivity (Wildman–Crippen MR) is 131 cm³/mol. The van der Waals surface area contributed by atoms with E-state index in [9.17, 15) is 31.1 Å². The van der Waals surface area contributed by atoms with Gasteiger partial charge in [0.2, 0.25) is 5.91 Å². The minimum atomic E-state index is -5.08. The Morgan fingerprint density at radius 2 is 1.44 bits per heavy atom. The molecule has 0 unspecified atom stereocenters. The predicted octanol–water partition coefficient (Wildman–Crippen LogP) is 2.86. The number of rotatable bonds is 6. The molecule has 41 heavy (non-hydrogen) atoms. The van der Waals surface area contributed by atoms with Crippen LogP contribution < -0.4 is 4.74 Å². The third-order valence-corrected chi connectivity index (χ3v) is 6.79. The highest BCUT2D eigenvalue weighted by atomic mass is 19.4. The number of piperidine rings is 1.